The molecule has 2 amide bonds. The lowest BCUT2D eigenvalue weighted by Gasteiger charge is -2.24. The summed E-state index contributed by atoms with van der Waals surface area (Å²) in [6.07, 6.45) is 0. The van der Waals surface area contributed by atoms with E-state index < -0.39 is 16.2 Å². The molecule has 1 aliphatic heterocycles. The summed E-state index contributed by atoms with van der Waals surface area (Å²) in [7, 11) is 1.66. The van der Waals surface area contributed by atoms with Gasteiger partial charge < -0.3 is 15.0 Å². The number of nitro groups is 1. The molecular formula is C19H18ClN3O5. The maximum Gasteiger partial charge on any atom is 0.282 e. The number of nitrogens with one attached hydrogen (secondary N) is 1. The van der Waals surface area contributed by atoms with Gasteiger partial charge in [0.05, 0.1) is 16.0 Å². The van der Waals surface area contributed by atoms with Gasteiger partial charge in [0.25, 0.3) is 11.6 Å². The van der Waals surface area contributed by atoms with E-state index in [1.165, 1.54) is 23.1 Å². The van der Waals surface area contributed by atoms with E-state index in [1.807, 2.05) is 0 Å². The van der Waals surface area contributed by atoms with Gasteiger partial charge in [-0.1, -0.05) is 11.6 Å². The van der Waals surface area contributed by atoms with Crippen LogP contribution in [0.2, 0.25) is 5.02 Å². The van der Waals surface area contributed by atoms with Crippen LogP contribution in [0.3, 0.4) is 0 Å². The maximum atomic E-state index is 12.6. The third-order valence-corrected chi connectivity index (χ3v) is 4.69. The zero-order chi connectivity index (χ0) is 20.6. The zero-order valence-electron chi connectivity index (χ0n) is 15.5. The molecule has 0 fully saturated rings. The summed E-state index contributed by atoms with van der Waals surface area (Å²) in [4.78, 5) is 37.1. The van der Waals surface area contributed by atoms with Crippen LogP contribution in [0.4, 0.5) is 17.1 Å². The van der Waals surface area contributed by atoms with Crippen molar-refractivity contribution in [1.82, 2.24) is 0 Å². The predicted molar refractivity (Wildman–Crippen MR) is 105 cm³/mol. The third kappa shape index (κ3) is 3.63. The molecule has 1 heterocycles. The van der Waals surface area contributed by atoms with Crippen LogP contribution in [0.1, 0.15) is 24.2 Å². The summed E-state index contributed by atoms with van der Waals surface area (Å²) < 4.78 is 5.77. The van der Waals surface area contributed by atoms with Crippen molar-refractivity contribution in [3.05, 3.63) is 57.1 Å². The van der Waals surface area contributed by atoms with Crippen molar-refractivity contribution in [1.29, 1.82) is 0 Å². The molecule has 0 atom stereocenters. The Hall–Kier alpha value is -3.13. The first-order chi connectivity index (χ1) is 13.1. The number of anilines is 2. The Morgan fingerprint density at radius 2 is 2.00 bits per heavy atom. The van der Waals surface area contributed by atoms with E-state index >= 15 is 0 Å². The lowest BCUT2D eigenvalue weighted by molar-refractivity contribution is -0.385. The van der Waals surface area contributed by atoms with Gasteiger partial charge in [-0.2, -0.15) is 0 Å². The minimum Gasteiger partial charge on any atom is -0.490 e. The van der Waals surface area contributed by atoms with Crippen molar-refractivity contribution >= 4 is 40.5 Å². The minimum atomic E-state index is -0.696. The zero-order valence-corrected chi connectivity index (χ0v) is 16.2. The monoisotopic (exact) mass is 403 g/mol. The average molecular weight is 404 g/mol. The number of ether oxygens (including phenoxy) is 1. The first-order valence-corrected chi connectivity index (χ1v) is 8.78. The molecule has 0 aromatic heterocycles. The van der Waals surface area contributed by atoms with Crippen molar-refractivity contribution in [3.63, 3.8) is 0 Å². The molecule has 1 N–H and O–H groups in total. The average Bonchev–Trinajstić information content (AvgIpc) is 2.72. The van der Waals surface area contributed by atoms with E-state index in [0.717, 1.165) is 0 Å². The van der Waals surface area contributed by atoms with Crippen LogP contribution in [-0.4, -0.2) is 30.4 Å². The highest BCUT2D eigenvalue weighted by molar-refractivity contribution is 6.31. The van der Waals surface area contributed by atoms with Crippen LogP contribution < -0.4 is 15.0 Å². The fourth-order valence-corrected chi connectivity index (χ4v) is 3.09. The Morgan fingerprint density at radius 1 is 1.29 bits per heavy atom. The fourth-order valence-electron chi connectivity index (χ4n) is 2.92. The molecule has 3 rings (SSSR count). The number of halogens is 1. The molecule has 1 aliphatic rings. The number of hydrogen-bond donors (Lipinski definition) is 1. The van der Waals surface area contributed by atoms with Crippen LogP contribution in [0.5, 0.6) is 5.75 Å². The molecule has 8 nitrogen and oxygen atoms in total. The molecule has 0 saturated heterocycles. The van der Waals surface area contributed by atoms with Gasteiger partial charge in [-0.25, -0.2) is 0 Å². The molecule has 0 radical (unpaired) electrons. The van der Waals surface area contributed by atoms with Crippen LogP contribution >= 0.6 is 11.6 Å². The van der Waals surface area contributed by atoms with Crippen molar-refractivity contribution in [2.24, 2.45) is 5.41 Å². The summed E-state index contributed by atoms with van der Waals surface area (Å²) >= 11 is 5.88. The summed E-state index contributed by atoms with van der Waals surface area (Å²) in [5, 5.41) is 14.0. The molecule has 0 aliphatic carbocycles. The van der Waals surface area contributed by atoms with Gasteiger partial charge in [0, 0.05) is 29.9 Å². The molecular weight excluding hydrogens is 386 g/mol. The van der Waals surface area contributed by atoms with Gasteiger partial charge >= 0.3 is 0 Å². The Morgan fingerprint density at radius 3 is 2.68 bits per heavy atom. The Kier molecular flexibility index (Phi) is 4.99. The Bertz CT molecular complexity index is 990. The Labute approximate surface area is 166 Å². The number of nitrogens with zero attached hydrogens (tertiary/aromatic N) is 2. The molecule has 9 heteroatoms. The van der Waals surface area contributed by atoms with E-state index in [9.17, 15) is 19.7 Å². The van der Waals surface area contributed by atoms with Crippen molar-refractivity contribution < 1.29 is 19.2 Å². The summed E-state index contributed by atoms with van der Waals surface area (Å²) in [6, 6.07) is 8.59. The van der Waals surface area contributed by atoms with Gasteiger partial charge in [-0.05, 0) is 38.1 Å². The van der Waals surface area contributed by atoms with Crippen molar-refractivity contribution in [3.8, 4) is 5.75 Å². The molecule has 0 unspecified atom stereocenters. The SMILES string of the molecule is CN1C(=O)C(C)(C)COc2cc(NC(=O)c3cc(Cl)ccc3[N+](=O)[O-])ccc21. The first-order valence-electron chi connectivity index (χ1n) is 8.40. The second-order valence-electron chi connectivity index (χ2n) is 7.09. The van der Waals surface area contributed by atoms with Gasteiger partial charge in [0.1, 0.15) is 17.9 Å². The fraction of sp³-hybridized carbons (Fsp3) is 0.263. The number of amides is 2. The lowest BCUT2D eigenvalue weighted by Crippen LogP contribution is -2.39. The van der Waals surface area contributed by atoms with Gasteiger partial charge in [0.2, 0.25) is 5.91 Å². The lowest BCUT2D eigenvalue weighted by atomic mass is 9.93. The Balaban J connectivity index is 1.91. The molecule has 0 saturated carbocycles. The van der Waals surface area contributed by atoms with Crippen LogP contribution in [-0.2, 0) is 4.79 Å². The van der Waals surface area contributed by atoms with E-state index in [0.29, 0.717) is 17.1 Å². The van der Waals surface area contributed by atoms with Gasteiger partial charge in [-0.3, -0.25) is 19.7 Å². The molecule has 2 aromatic rings. The van der Waals surface area contributed by atoms with E-state index in [1.54, 1.807) is 39.1 Å². The minimum absolute atomic E-state index is 0.0856. The summed E-state index contributed by atoms with van der Waals surface area (Å²) in [6.45, 7) is 3.76. The number of carbonyl (C=O) groups is 2. The third-order valence-electron chi connectivity index (χ3n) is 4.45. The number of nitro benzene ring substituents is 1. The highest BCUT2D eigenvalue weighted by Gasteiger charge is 2.36. The summed E-state index contributed by atoms with van der Waals surface area (Å²) in [5.41, 5.74) is -0.249. The van der Waals surface area contributed by atoms with Crippen LogP contribution in [0.15, 0.2) is 36.4 Å². The first kappa shape index (κ1) is 19.6. The molecule has 28 heavy (non-hydrogen) atoms. The number of fused-ring (bicyclic) bond motifs is 1. The summed E-state index contributed by atoms with van der Waals surface area (Å²) in [5.74, 6) is -0.329. The second-order valence-corrected chi connectivity index (χ2v) is 7.53. The van der Waals surface area contributed by atoms with E-state index in [-0.39, 0.29) is 28.8 Å². The quantitative estimate of drug-likeness (QED) is 0.618. The normalized spacial score (nSPS) is 15.3. The predicted octanol–water partition coefficient (Wildman–Crippen LogP) is 3.88. The smallest absolute Gasteiger partial charge is 0.282 e. The molecule has 0 bridgehead atoms. The maximum absolute atomic E-state index is 12.6. The number of carbonyl (C=O) groups excluding carboxylic acids is 2. The molecule has 0 spiro atoms. The molecule has 146 valence electrons. The van der Waals surface area contributed by atoms with Gasteiger partial charge in [0.15, 0.2) is 0 Å². The van der Waals surface area contributed by atoms with Crippen molar-refractivity contribution in [2.75, 3.05) is 23.9 Å². The second kappa shape index (κ2) is 7.12. The number of benzene rings is 2. The van der Waals surface area contributed by atoms with Gasteiger partial charge in [-0.15, -0.1) is 0 Å². The number of hydrogen-bond acceptors (Lipinski definition) is 5. The largest absolute Gasteiger partial charge is 0.490 e. The highest BCUT2D eigenvalue weighted by Crippen LogP contribution is 2.37. The number of rotatable bonds is 3. The van der Waals surface area contributed by atoms with Crippen LogP contribution in [0, 0.1) is 15.5 Å². The van der Waals surface area contributed by atoms with E-state index in [2.05, 4.69) is 5.32 Å². The topological polar surface area (TPSA) is 102 Å². The van der Waals surface area contributed by atoms with Crippen molar-refractivity contribution in [2.45, 2.75) is 13.8 Å². The van der Waals surface area contributed by atoms with Crippen LogP contribution in [0.25, 0.3) is 0 Å². The standard InChI is InChI=1S/C19H18ClN3O5/c1-19(2)10-28-16-9-12(5-7-15(16)22(3)18(19)25)21-17(24)13-8-11(20)4-6-14(13)23(26)27/h4-9H,10H2,1-3H3,(H,21,24). The molecule has 2 aromatic carbocycles. The van der Waals surface area contributed by atoms with E-state index in [4.69, 9.17) is 16.3 Å². The highest BCUT2D eigenvalue weighted by atomic mass is 35.5.